The summed E-state index contributed by atoms with van der Waals surface area (Å²) in [4.78, 5) is 19.0. The van der Waals surface area contributed by atoms with Gasteiger partial charge in [0.1, 0.15) is 5.75 Å². The zero-order chi connectivity index (χ0) is 18.8. The first-order valence-corrected chi connectivity index (χ1v) is 9.06. The van der Waals surface area contributed by atoms with Gasteiger partial charge >= 0.3 is 0 Å². The average molecular weight is 363 g/mol. The zero-order valence-electron chi connectivity index (χ0n) is 15.4. The van der Waals surface area contributed by atoms with E-state index >= 15 is 0 Å². The summed E-state index contributed by atoms with van der Waals surface area (Å²) in [5.74, 6) is 1.82. The number of aromatic nitrogens is 2. The Morgan fingerprint density at radius 2 is 1.96 bits per heavy atom. The van der Waals surface area contributed by atoms with Crippen LogP contribution in [0.3, 0.4) is 0 Å². The fraction of sp³-hybridized carbons (Fsp3) is 0.286. The monoisotopic (exact) mass is 363 g/mol. The van der Waals surface area contributed by atoms with Gasteiger partial charge in [-0.25, -0.2) is 0 Å². The molecule has 1 saturated heterocycles. The van der Waals surface area contributed by atoms with E-state index in [9.17, 15) is 4.79 Å². The van der Waals surface area contributed by atoms with Crippen LogP contribution < -0.4 is 9.64 Å². The number of carbonyl (C=O) groups excluding carboxylic acids is 1. The molecular weight excluding hydrogens is 342 g/mol. The van der Waals surface area contributed by atoms with E-state index in [1.807, 2.05) is 47.4 Å². The molecule has 0 N–H and O–H groups in total. The van der Waals surface area contributed by atoms with Crippen molar-refractivity contribution in [2.45, 2.75) is 25.7 Å². The molecule has 4 rings (SSSR count). The molecule has 0 bridgehead atoms. The second kappa shape index (κ2) is 7.23. The summed E-state index contributed by atoms with van der Waals surface area (Å²) < 4.78 is 10.6. The van der Waals surface area contributed by atoms with Crippen LogP contribution in [-0.4, -0.2) is 29.7 Å². The lowest BCUT2D eigenvalue weighted by atomic mass is 10.1. The normalized spacial score (nSPS) is 16.7. The van der Waals surface area contributed by atoms with Crippen molar-refractivity contribution >= 4 is 11.6 Å². The first kappa shape index (κ1) is 17.3. The number of ether oxygens (including phenoxy) is 1. The molecule has 1 aliphatic rings. The highest BCUT2D eigenvalue weighted by molar-refractivity contribution is 5.97. The number of hydrogen-bond donors (Lipinski definition) is 0. The molecule has 6 nitrogen and oxygen atoms in total. The highest BCUT2D eigenvalue weighted by Gasteiger charge is 2.35. The lowest BCUT2D eigenvalue weighted by Gasteiger charge is -2.19. The Balaban J connectivity index is 1.55. The van der Waals surface area contributed by atoms with E-state index in [1.54, 1.807) is 7.11 Å². The molecule has 2 aromatic carbocycles. The Labute approximate surface area is 157 Å². The van der Waals surface area contributed by atoms with Crippen LogP contribution in [-0.2, 0) is 11.2 Å². The summed E-state index contributed by atoms with van der Waals surface area (Å²) in [7, 11) is 1.62. The summed E-state index contributed by atoms with van der Waals surface area (Å²) in [6.45, 7) is 2.66. The van der Waals surface area contributed by atoms with Crippen molar-refractivity contribution in [1.82, 2.24) is 10.1 Å². The maximum atomic E-state index is 12.6. The van der Waals surface area contributed by atoms with Gasteiger partial charge in [0.15, 0.2) is 5.82 Å². The number of nitrogens with zero attached hydrogens (tertiary/aromatic N) is 3. The Morgan fingerprint density at radius 3 is 2.70 bits per heavy atom. The molecule has 1 fully saturated rings. The fourth-order valence-corrected chi connectivity index (χ4v) is 3.44. The first-order chi connectivity index (χ1) is 13.2. The van der Waals surface area contributed by atoms with Crippen LogP contribution in [0.25, 0.3) is 11.5 Å². The number of para-hydroxylation sites is 1. The third-order valence-electron chi connectivity index (χ3n) is 4.93. The van der Waals surface area contributed by atoms with E-state index in [1.165, 1.54) is 5.56 Å². The topological polar surface area (TPSA) is 68.5 Å². The number of carbonyl (C=O) groups is 1. The van der Waals surface area contributed by atoms with Gasteiger partial charge in [0.25, 0.3) is 5.89 Å². The molecule has 1 unspecified atom stereocenters. The van der Waals surface area contributed by atoms with Crippen molar-refractivity contribution in [3.8, 4) is 17.2 Å². The second-order valence-electron chi connectivity index (χ2n) is 6.57. The van der Waals surface area contributed by atoms with Crippen LogP contribution >= 0.6 is 0 Å². The van der Waals surface area contributed by atoms with Gasteiger partial charge < -0.3 is 14.2 Å². The van der Waals surface area contributed by atoms with Crippen molar-refractivity contribution in [3.05, 3.63) is 59.9 Å². The van der Waals surface area contributed by atoms with Gasteiger partial charge in [-0.3, -0.25) is 4.79 Å². The Bertz CT molecular complexity index is 949. The third kappa shape index (κ3) is 3.30. The van der Waals surface area contributed by atoms with E-state index in [0.717, 1.165) is 23.4 Å². The highest BCUT2D eigenvalue weighted by Crippen LogP contribution is 2.33. The Kier molecular flexibility index (Phi) is 4.62. The molecule has 1 aliphatic heterocycles. The maximum Gasteiger partial charge on any atom is 0.257 e. The van der Waals surface area contributed by atoms with Crippen LogP contribution in [0, 0.1) is 0 Å². The van der Waals surface area contributed by atoms with Crippen molar-refractivity contribution < 1.29 is 14.1 Å². The van der Waals surface area contributed by atoms with Crippen LogP contribution in [0.2, 0.25) is 0 Å². The first-order valence-electron chi connectivity index (χ1n) is 9.06. The third-order valence-corrected chi connectivity index (χ3v) is 4.93. The minimum Gasteiger partial charge on any atom is -0.497 e. The molecule has 27 heavy (non-hydrogen) atoms. The molecule has 3 aromatic rings. The van der Waals surface area contributed by atoms with Crippen molar-refractivity contribution in [1.29, 1.82) is 0 Å². The van der Waals surface area contributed by atoms with Crippen molar-refractivity contribution in [3.63, 3.8) is 0 Å². The molecule has 1 aromatic heterocycles. The maximum absolute atomic E-state index is 12.6. The summed E-state index contributed by atoms with van der Waals surface area (Å²) in [6.07, 6.45) is 1.27. The molecule has 6 heteroatoms. The zero-order valence-corrected chi connectivity index (χ0v) is 15.4. The number of rotatable bonds is 5. The number of anilines is 1. The van der Waals surface area contributed by atoms with E-state index in [4.69, 9.17) is 9.26 Å². The van der Waals surface area contributed by atoms with Gasteiger partial charge in [0.2, 0.25) is 5.91 Å². The molecule has 0 saturated carbocycles. The van der Waals surface area contributed by atoms with Crippen molar-refractivity contribution in [2.75, 3.05) is 18.6 Å². The standard InChI is InChI=1S/C21H21N3O3/c1-3-14-6-4-5-7-18(14)24-13-16(12-19(24)25)20-22-21(27-23-20)15-8-10-17(26-2)11-9-15/h4-11,16H,3,12-13H2,1-2H3. The average Bonchev–Trinajstić information content (AvgIpc) is 3.35. The molecule has 0 aliphatic carbocycles. The number of hydrogen-bond acceptors (Lipinski definition) is 5. The predicted molar refractivity (Wildman–Crippen MR) is 102 cm³/mol. The minimum absolute atomic E-state index is 0.0711. The Morgan fingerprint density at radius 1 is 1.19 bits per heavy atom. The highest BCUT2D eigenvalue weighted by atomic mass is 16.5. The van der Waals surface area contributed by atoms with Gasteiger partial charge in [0, 0.05) is 30.1 Å². The summed E-state index contributed by atoms with van der Waals surface area (Å²) in [6, 6.07) is 15.5. The van der Waals surface area contributed by atoms with Crippen LogP contribution in [0.1, 0.15) is 30.7 Å². The van der Waals surface area contributed by atoms with E-state index in [2.05, 4.69) is 23.1 Å². The minimum atomic E-state index is -0.0711. The van der Waals surface area contributed by atoms with Crippen LogP contribution in [0.5, 0.6) is 5.75 Å². The van der Waals surface area contributed by atoms with E-state index in [0.29, 0.717) is 24.7 Å². The molecule has 0 spiro atoms. The number of methoxy groups -OCH3 is 1. The number of benzene rings is 2. The smallest absolute Gasteiger partial charge is 0.257 e. The van der Waals surface area contributed by atoms with E-state index in [-0.39, 0.29) is 11.8 Å². The van der Waals surface area contributed by atoms with Gasteiger partial charge in [0.05, 0.1) is 7.11 Å². The lowest BCUT2D eigenvalue weighted by molar-refractivity contribution is -0.117. The molecule has 2 heterocycles. The SMILES string of the molecule is CCc1ccccc1N1CC(c2noc(-c3ccc(OC)cc3)n2)CC1=O. The van der Waals surface area contributed by atoms with Crippen LogP contribution in [0.15, 0.2) is 53.1 Å². The van der Waals surface area contributed by atoms with Gasteiger partial charge in [-0.1, -0.05) is 30.3 Å². The summed E-state index contributed by atoms with van der Waals surface area (Å²) in [5.41, 5.74) is 2.97. The lowest BCUT2D eigenvalue weighted by Crippen LogP contribution is -2.25. The van der Waals surface area contributed by atoms with E-state index < -0.39 is 0 Å². The van der Waals surface area contributed by atoms with Gasteiger partial charge in [-0.2, -0.15) is 4.98 Å². The van der Waals surface area contributed by atoms with Crippen molar-refractivity contribution in [2.24, 2.45) is 0 Å². The molecule has 138 valence electrons. The number of aryl methyl sites for hydroxylation is 1. The molecule has 1 atom stereocenters. The summed E-state index contributed by atoms with van der Waals surface area (Å²) in [5, 5.41) is 4.13. The number of amides is 1. The molecule has 1 amide bonds. The Hall–Kier alpha value is -3.15. The fourth-order valence-electron chi connectivity index (χ4n) is 3.44. The molecule has 0 radical (unpaired) electrons. The van der Waals surface area contributed by atoms with Gasteiger partial charge in [-0.15, -0.1) is 0 Å². The van der Waals surface area contributed by atoms with Gasteiger partial charge in [-0.05, 0) is 42.3 Å². The quantitative estimate of drug-likeness (QED) is 0.689. The van der Waals surface area contributed by atoms with Crippen LogP contribution in [0.4, 0.5) is 5.69 Å². The second-order valence-corrected chi connectivity index (χ2v) is 6.57. The largest absolute Gasteiger partial charge is 0.497 e. The summed E-state index contributed by atoms with van der Waals surface area (Å²) >= 11 is 0. The molecular formula is C21H21N3O3. The predicted octanol–water partition coefficient (Wildman–Crippen LogP) is 3.83.